The Kier molecular flexibility index (Phi) is 4.83. The number of hydrogen-bond donors (Lipinski definition) is 2. The Labute approximate surface area is 101 Å². The lowest BCUT2D eigenvalue weighted by molar-refractivity contribution is 0.0942. The maximum absolute atomic E-state index is 11.5. The van der Waals surface area contributed by atoms with Crippen LogP contribution >= 0.6 is 33.9 Å². The highest BCUT2D eigenvalue weighted by atomic mass is 127. The number of carbonyl (C=O) groups excluding carboxylic acids is 1. The summed E-state index contributed by atoms with van der Waals surface area (Å²) in [4.78, 5) is 11.5. The highest BCUT2D eigenvalue weighted by Crippen LogP contribution is 2.16. The molecule has 14 heavy (non-hydrogen) atoms. The van der Waals surface area contributed by atoms with Crippen molar-refractivity contribution in [1.29, 1.82) is 0 Å². The van der Waals surface area contributed by atoms with Gasteiger partial charge in [-0.1, -0.05) is 6.92 Å². The van der Waals surface area contributed by atoms with E-state index < -0.39 is 0 Å². The van der Waals surface area contributed by atoms with Crippen molar-refractivity contribution in [1.82, 2.24) is 5.32 Å². The Morgan fingerprint density at radius 3 is 3.00 bits per heavy atom. The van der Waals surface area contributed by atoms with Crippen LogP contribution in [0.3, 0.4) is 0 Å². The fourth-order valence-corrected chi connectivity index (χ4v) is 2.19. The number of halogens is 1. The molecule has 1 aromatic heterocycles. The molecule has 0 bridgehead atoms. The zero-order valence-electron chi connectivity index (χ0n) is 7.79. The first-order valence-electron chi connectivity index (χ1n) is 4.26. The number of aliphatic hydroxyl groups excluding tert-OH is 1. The molecule has 0 aliphatic heterocycles. The molecule has 0 saturated carbocycles. The van der Waals surface area contributed by atoms with Gasteiger partial charge in [-0.05, 0) is 34.6 Å². The largest absolute Gasteiger partial charge is 0.396 e. The van der Waals surface area contributed by atoms with Gasteiger partial charge in [0.25, 0.3) is 5.91 Å². The summed E-state index contributed by atoms with van der Waals surface area (Å²) >= 11 is 3.73. The monoisotopic (exact) mass is 325 g/mol. The van der Waals surface area contributed by atoms with Gasteiger partial charge in [-0.25, -0.2) is 0 Å². The van der Waals surface area contributed by atoms with Crippen molar-refractivity contribution < 1.29 is 9.90 Å². The standard InChI is InChI=1S/C9H12INO2S/c1-6(4-12)3-11-9(13)7-2-8(10)14-5-7/h2,5-6,12H,3-4H2,1H3,(H,11,13). The fraction of sp³-hybridized carbons (Fsp3) is 0.444. The van der Waals surface area contributed by atoms with Crippen molar-refractivity contribution >= 4 is 39.8 Å². The van der Waals surface area contributed by atoms with E-state index in [1.165, 1.54) is 0 Å². The average molecular weight is 325 g/mol. The van der Waals surface area contributed by atoms with Gasteiger partial charge >= 0.3 is 0 Å². The summed E-state index contributed by atoms with van der Waals surface area (Å²) in [5.74, 6) is 0.0427. The second-order valence-electron chi connectivity index (χ2n) is 3.14. The molecule has 1 rings (SSSR count). The van der Waals surface area contributed by atoms with Crippen LogP contribution in [-0.4, -0.2) is 24.2 Å². The number of aliphatic hydroxyl groups is 1. The van der Waals surface area contributed by atoms with E-state index in [4.69, 9.17) is 5.11 Å². The van der Waals surface area contributed by atoms with Crippen LogP contribution in [0.25, 0.3) is 0 Å². The minimum Gasteiger partial charge on any atom is -0.396 e. The van der Waals surface area contributed by atoms with Crippen molar-refractivity contribution in [2.45, 2.75) is 6.92 Å². The Balaban J connectivity index is 2.43. The van der Waals surface area contributed by atoms with E-state index in [0.29, 0.717) is 12.1 Å². The molecular formula is C9H12INO2S. The molecule has 1 amide bonds. The van der Waals surface area contributed by atoms with Gasteiger partial charge in [-0.15, -0.1) is 11.3 Å². The summed E-state index contributed by atoms with van der Waals surface area (Å²) in [6.45, 7) is 2.50. The Morgan fingerprint density at radius 2 is 2.50 bits per heavy atom. The molecule has 1 unspecified atom stereocenters. The molecule has 0 fully saturated rings. The van der Waals surface area contributed by atoms with Crippen LogP contribution in [0.1, 0.15) is 17.3 Å². The first-order chi connectivity index (χ1) is 6.63. The van der Waals surface area contributed by atoms with Crippen LogP contribution in [-0.2, 0) is 0 Å². The highest BCUT2D eigenvalue weighted by Gasteiger charge is 2.08. The van der Waals surface area contributed by atoms with Crippen molar-refractivity contribution in [2.75, 3.05) is 13.2 Å². The van der Waals surface area contributed by atoms with Crippen LogP contribution in [0.15, 0.2) is 11.4 Å². The molecule has 3 nitrogen and oxygen atoms in total. The quantitative estimate of drug-likeness (QED) is 0.828. The zero-order chi connectivity index (χ0) is 10.6. The SMILES string of the molecule is CC(CO)CNC(=O)c1csc(I)c1. The van der Waals surface area contributed by atoms with Gasteiger partial charge in [-0.2, -0.15) is 0 Å². The summed E-state index contributed by atoms with van der Waals surface area (Å²) in [6, 6.07) is 1.85. The molecule has 1 aromatic rings. The van der Waals surface area contributed by atoms with Gasteiger partial charge < -0.3 is 10.4 Å². The van der Waals surface area contributed by atoms with E-state index in [2.05, 4.69) is 27.9 Å². The van der Waals surface area contributed by atoms with Crippen LogP contribution in [0.4, 0.5) is 0 Å². The van der Waals surface area contributed by atoms with Crippen LogP contribution in [0, 0.1) is 8.80 Å². The molecule has 2 N–H and O–H groups in total. The molecule has 0 radical (unpaired) electrons. The zero-order valence-corrected chi connectivity index (χ0v) is 10.8. The van der Waals surface area contributed by atoms with E-state index >= 15 is 0 Å². The third kappa shape index (κ3) is 3.55. The van der Waals surface area contributed by atoms with Crippen molar-refractivity contribution in [3.8, 4) is 0 Å². The second kappa shape index (κ2) is 5.67. The molecule has 0 aromatic carbocycles. The van der Waals surface area contributed by atoms with Crippen LogP contribution in [0.5, 0.6) is 0 Å². The van der Waals surface area contributed by atoms with E-state index in [0.717, 1.165) is 2.88 Å². The topological polar surface area (TPSA) is 49.3 Å². The number of carbonyl (C=O) groups is 1. The van der Waals surface area contributed by atoms with Gasteiger partial charge in [0.15, 0.2) is 0 Å². The third-order valence-corrected chi connectivity index (χ3v) is 3.54. The molecular weight excluding hydrogens is 313 g/mol. The van der Waals surface area contributed by atoms with Crippen molar-refractivity contribution in [2.24, 2.45) is 5.92 Å². The predicted octanol–water partition coefficient (Wildman–Crippen LogP) is 1.71. The van der Waals surface area contributed by atoms with Crippen molar-refractivity contribution in [3.63, 3.8) is 0 Å². The maximum Gasteiger partial charge on any atom is 0.252 e. The van der Waals surface area contributed by atoms with Gasteiger partial charge in [-0.3, -0.25) is 4.79 Å². The van der Waals surface area contributed by atoms with E-state index in [1.807, 2.05) is 18.4 Å². The lowest BCUT2D eigenvalue weighted by Crippen LogP contribution is -2.29. The molecule has 0 aliphatic rings. The molecule has 0 aliphatic carbocycles. The van der Waals surface area contributed by atoms with Gasteiger partial charge in [0.05, 0.1) is 8.45 Å². The summed E-state index contributed by atoms with van der Waals surface area (Å²) in [7, 11) is 0. The lowest BCUT2D eigenvalue weighted by atomic mass is 10.2. The third-order valence-electron chi connectivity index (χ3n) is 1.75. The molecule has 78 valence electrons. The van der Waals surface area contributed by atoms with Crippen LogP contribution < -0.4 is 5.32 Å². The second-order valence-corrected chi connectivity index (χ2v) is 5.94. The molecule has 0 saturated heterocycles. The molecule has 1 atom stereocenters. The summed E-state index contributed by atoms with van der Waals surface area (Å²) in [5, 5.41) is 13.4. The lowest BCUT2D eigenvalue weighted by Gasteiger charge is -2.08. The Hall–Kier alpha value is -0.140. The highest BCUT2D eigenvalue weighted by molar-refractivity contribution is 14.1. The minimum atomic E-state index is -0.0653. The number of thiophene rings is 1. The molecule has 0 spiro atoms. The number of hydrogen-bond acceptors (Lipinski definition) is 3. The maximum atomic E-state index is 11.5. The first-order valence-corrected chi connectivity index (χ1v) is 6.22. The van der Waals surface area contributed by atoms with Gasteiger partial charge in [0.1, 0.15) is 0 Å². The van der Waals surface area contributed by atoms with E-state index in [-0.39, 0.29) is 18.4 Å². The van der Waals surface area contributed by atoms with Crippen LogP contribution in [0.2, 0.25) is 0 Å². The number of nitrogens with one attached hydrogen (secondary N) is 1. The van der Waals surface area contributed by atoms with Gasteiger partial charge in [0.2, 0.25) is 0 Å². The fourth-order valence-electron chi connectivity index (χ4n) is 0.863. The number of amides is 1. The van der Waals surface area contributed by atoms with E-state index in [9.17, 15) is 4.79 Å². The number of rotatable bonds is 4. The Morgan fingerprint density at radius 1 is 1.79 bits per heavy atom. The first kappa shape index (κ1) is 11.9. The average Bonchev–Trinajstić information content (AvgIpc) is 2.60. The Bertz CT molecular complexity index is 314. The normalized spacial score (nSPS) is 12.5. The minimum absolute atomic E-state index is 0.0653. The summed E-state index contributed by atoms with van der Waals surface area (Å²) in [5.41, 5.74) is 0.699. The predicted molar refractivity (Wildman–Crippen MR) is 65.6 cm³/mol. The molecule has 5 heteroatoms. The molecule has 1 heterocycles. The smallest absolute Gasteiger partial charge is 0.252 e. The van der Waals surface area contributed by atoms with Gasteiger partial charge in [0, 0.05) is 18.5 Å². The summed E-state index contributed by atoms with van der Waals surface area (Å²) < 4.78 is 1.10. The summed E-state index contributed by atoms with van der Waals surface area (Å²) in [6.07, 6.45) is 0. The van der Waals surface area contributed by atoms with E-state index in [1.54, 1.807) is 11.3 Å². The van der Waals surface area contributed by atoms with Crippen molar-refractivity contribution in [3.05, 3.63) is 19.9 Å².